The lowest BCUT2D eigenvalue weighted by Crippen LogP contribution is -2.39. The van der Waals surface area contributed by atoms with Gasteiger partial charge in [0.25, 0.3) is 0 Å². The van der Waals surface area contributed by atoms with Gasteiger partial charge in [-0.15, -0.1) is 0 Å². The van der Waals surface area contributed by atoms with E-state index < -0.39 is 5.97 Å². The number of aryl methyl sites for hydroxylation is 1. The van der Waals surface area contributed by atoms with Gasteiger partial charge in [0, 0.05) is 37.0 Å². The van der Waals surface area contributed by atoms with Gasteiger partial charge in [0.1, 0.15) is 11.6 Å². The molecule has 2 N–H and O–H groups in total. The fraction of sp³-hybridized carbons (Fsp3) is 0.520. The van der Waals surface area contributed by atoms with E-state index in [2.05, 4.69) is 32.0 Å². The summed E-state index contributed by atoms with van der Waals surface area (Å²) in [6, 6.07) is 8.10. The highest BCUT2D eigenvalue weighted by molar-refractivity contribution is 5.76. The van der Waals surface area contributed by atoms with Crippen LogP contribution in [0.1, 0.15) is 50.6 Å². The molecule has 174 valence electrons. The first-order valence-corrected chi connectivity index (χ1v) is 12.0. The number of rotatable bonds is 6. The van der Waals surface area contributed by atoms with Crippen molar-refractivity contribution < 1.29 is 14.6 Å². The fourth-order valence-electron chi connectivity index (χ4n) is 5.05. The number of nitrogens with zero attached hydrogens (tertiary/aromatic N) is 4. The molecule has 0 bridgehead atoms. The topological polar surface area (TPSA) is 104 Å². The van der Waals surface area contributed by atoms with Crippen LogP contribution in [0, 0.1) is 12.8 Å². The molecule has 0 spiro atoms. The van der Waals surface area contributed by atoms with Gasteiger partial charge in [-0.05, 0) is 75.6 Å². The van der Waals surface area contributed by atoms with Crippen LogP contribution in [0.2, 0.25) is 0 Å². The van der Waals surface area contributed by atoms with Crippen LogP contribution in [0.25, 0.3) is 22.6 Å². The molecule has 3 aromatic heterocycles. The summed E-state index contributed by atoms with van der Waals surface area (Å²) >= 11 is 0. The molecule has 2 fully saturated rings. The number of hydrogen-bond acceptors (Lipinski definition) is 6. The van der Waals surface area contributed by atoms with E-state index in [0.717, 1.165) is 85.7 Å². The number of H-pyrrole nitrogens is 1. The van der Waals surface area contributed by atoms with Crippen molar-refractivity contribution in [2.24, 2.45) is 5.92 Å². The summed E-state index contributed by atoms with van der Waals surface area (Å²) in [6.45, 7) is 3.82. The number of aromatic amines is 1. The van der Waals surface area contributed by atoms with Crippen molar-refractivity contribution in [3.63, 3.8) is 0 Å². The number of ether oxygens (including phenoxy) is 1. The maximum absolute atomic E-state index is 10.9. The molecule has 33 heavy (non-hydrogen) atoms. The molecule has 4 heterocycles. The Balaban J connectivity index is 1.12. The number of hydrogen-bond donors (Lipinski definition) is 2. The van der Waals surface area contributed by atoms with Crippen LogP contribution in [-0.4, -0.2) is 56.3 Å². The number of pyridine rings is 2. The Morgan fingerprint density at radius 1 is 1.06 bits per heavy atom. The molecule has 0 unspecified atom stereocenters. The second-order valence-corrected chi connectivity index (χ2v) is 9.38. The minimum absolute atomic E-state index is 0.283. The number of aliphatic carboxylic acids is 1. The van der Waals surface area contributed by atoms with Gasteiger partial charge < -0.3 is 19.7 Å². The summed E-state index contributed by atoms with van der Waals surface area (Å²) in [4.78, 5) is 30.3. The minimum Gasteiger partial charge on any atom is -0.481 e. The number of aromatic nitrogens is 4. The third kappa shape index (κ3) is 5.16. The standard InChI is InChI=1S/C25H31N5O3/c1-16-2-8-21-25(27-16)29-24(28-21)18-5-9-22(26-15-18)30-12-10-20(11-13-30)33-19-6-3-17(4-7-19)14-23(31)32/h2,5,8-9,15,17,19-20H,3-4,6-7,10-14H2,1H3,(H,31,32)(H,27,28,29). The Hall–Kier alpha value is -3.00. The average Bonchev–Trinajstić information content (AvgIpc) is 3.24. The molecule has 1 aliphatic heterocycles. The Morgan fingerprint density at radius 3 is 2.52 bits per heavy atom. The van der Waals surface area contributed by atoms with Crippen LogP contribution < -0.4 is 4.90 Å². The zero-order valence-corrected chi connectivity index (χ0v) is 19.0. The molecule has 2 aliphatic rings. The Morgan fingerprint density at radius 2 is 1.82 bits per heavy atom. The fourth-order valence-corrected chi connectivity index (χ4v) is 5.05. The van der Waals surface area contributed by atoms with E-state index in [-0.39, 0.29) is 12.2 Å². The van der Waals surface area contributed by atoms with E-state index >= 15 is 0 Å². The maximum Gasteiger partial charge on any atom is 0.303 e. The maximum atomic E-state index is 10.9. The van der Waals surface area contributed by atoms with E-state index in [1.165, 1.54) is 0 Å². The number of carbonyl (C=O) groups is 1. The largest absolute Gasteiger partial charge is 0.481 e. The third-order valence-corrected chi connectivity index (χ3v) is 6.91. The smallest absolute Gasteiger partial charge is 0.303 e. The molecule has 8 nitrogen and oxygen atoms in total. The van der Waals surface area contributed by atoms with Crippen LogP contribution in [0.3, 0.4) is 0 Å². The molecule has 1 aliphatic carbocycles. The average molecular weight is 450 g/mol. The highest BCUT2D eigenvalue weighted by atomic mass is 16.5. The van der Waals surface area contributed by atoms with E-state index in [0.29, 0.717) is 12.3 Å². The highest BCUT2D eigenvalue weighted by Crippen LogP contribution is 2.31. The number of fused-ring (bicyclic) bond motifs is 1. The van der Waals surface area contributed by atoms with Crippen molar-refractivity contribution in [1.82, 2.24) is 19.9 Å². The molecule has 8 heteroatoms. The molecule has 0 atom stereocenters. The Bertz CT molecular complexity index is 1100. The van der Waals surface area contributed by atoms with Crippen molar-refractivity contribution in [1.29, 1.82) is 0 Å². The van der Waals surface area contributed by atoms with Gasteiger partial charge >= 0.3 is 5.97 Å². The van der Waals surface area contributed by atoms with Gasteiger partial charge in [0.05, 0.1) is 17.7 Å². The lowest BCUT2D eigenvalue weighted by molar-refractivity contribution is -0.138. The summed E-state index contributed by atoms with van der Waals surface area (Å²) in [5, 5.41) is 8.98. The van der Waals surface area contributed by atoms with Crippen LogP contribution in [0.5, 0.6) is 0 Å². The van der Waals surface area contributed by atoms with Crippen molar-refractivity contribution >= 4 is 23.0 Å². The second-order valence-electron chi connectivity index (χ2n) is 9.38. The molecule has 1 saturated carbocycles. The number of carboxylic acid groups (broad SMARTS) is 1. The predicted molar refractivity (Wildman–Crippen MR) is 126 cm³/mol. The van der Waals surface area contributed by atoms with Gasteiger partial charge in [0.2, 0.25) is 0 Å². The number of nitrogens with one attached hydrogen (secondary N) is 1. The van der Waals surface area contributed by atoms with Gasteiger partial charge in [0.15, 0.2) is 5.65 Å². The van der Waals surface area contributed by atoms with E-state index in [1.54, 1.807) is 0 Å². The number of carboxylic acids is 1. The summed E-state index contributed by atoms with van der Waals surface area (Å²) in [5.74, 6) is 1.40. The number of piperidine rings is 1. The first kappa shape index (κ1) is 21.8. The molecule has 3 aromatic rings. The summed E-state index contributed by atoms with van der Waals surface area (Å²) < 4.78 is 6.37. The molecule has 0 radical (unpaired) electrons. The van der Waals surface area contributed by atoms with E-state index in [9.17, 15) is 4.79 Å². The lowest BCUT2D eigenvalue weighted by Gasteiger charge is -2.36. The third-order valence-electron chi connectivity index (χ3n) is 6.91. The van der Waals surface area contributed by atoms with Crippen molar-refractivity contribution in [2.45, 2.75) is 64.1 Å². The van der Waals surface area contributed by atoms with Crippen LogP contribution in [-0.2, 0) is 9.53 Å². The first-order valence-electron chi connectivity index (χ1n) is 12.0. The monoisotopic (exact) mass is 449 g/mol. The quantitative estimate of drug-likeness (QED) is 0.576. The predicted octanol–water partition coefficient (Wildman–Crippen LogP) is 4.35. The number of imidazole rings is 1. The zero-order valence-electron chi connectivity index (χ0n) is 19.0. The van der Waals surface area contributed by atoms with Crippen LogP contribution in [0.4, 0.5) is 5.82 Å². The SMILES string of the molecule is Cc1ccc2[nH]c(-c3ccc(N4CCC(OC5CCC(CC(=O)O)CC5)CC4)nc3)nc2n1. The number of anilines is 1. The molecular formula is C25H31N5O3. The molecule has 1 saturated heterocycles. The molecule has 0 aromatic carbocycles. The normalized spacial score (nSPS) is 22.0. The van der Waals surface area contributed by atoms with Crippen LogP contribution >= 0.6 is 0 Å². The van der Waals surface area contributed by atoms with Gasteiger partial charge in [-0.25, -0.2) is 15.0 Å². The minimum atomic E-state index is -0.682. The van der Waals surface area contributed by atoms with Crippen molar-refractivity contribution in [3.05, 3.63) is 36.2 Å². The highest BCUT2D eigenvalue weighted by Gasteiger charge is 2.28. The van der Waals surface area contributed by atoms with Crippen molar-refractivity contribution in [3.8, 4) is 11.4 Å². The summed E-state index contributed by atoms with van der Waals surface area (Å²) in [7, 11) is 0. The van der Waals surface area contributed by atoms with E-state index in [1.807, 2.05) is 25.3 Å². The van der Waals surface area contributed by atoms with Gasteiger partial charge in [-0.2, -0.15) is 0 Å². The Kier molecular flexibility index (Phi) is 6.26. The summed E-state index contributed by atoms with van der Waals surface area (Å²) in [6.07, 6.45) is 8.62. The van der Waals surface area contributed by atoms with E-state index in [4.69, 9.17) is 14.8 Å². The first-order chi connectivity index (χ1) is 16.0. The van der Waals surface area contributed by atoms with Gasteiger partial charge in [-0.3, -0.25) is 4.79 Å². The molecule has 5 rings (SSSR count). The lowest BCUT2D eigenvalue weighted by atomic mass is 9.85. The molecule has 0 amide bonds. The molecular weight excluding hydrogens is 418 g/mol. The summed E-state index contributed by atoms with van der Waals surface area (Å²) in [5.41, 5.74) is 3.56. The van der Waals surface area contributed by atoms with Crippen LogP contribution in [0.15, 0.2) is 30.5 Å². The Labute approximate surface area is 193 Å². The zero-order chi connectivity index (χ0) is 22.8. The second kappa shape index (κ2) is 9.47. The van der Waals surface area contributed by atoms with Gasteiger partial charge in [-0.1, -0.05) is 0 Å². The van der Waals surface area contributed by atoms with Crippen molar-refractivity contribution in [2.75, 3.05) is 18.0 Å².